The lowest BCUT2D eigenvalue weighted by Crippen LogP contribution is -2.47. The van der Waals surface area contributed by atoms with Crippen molar-refractivity contribution in [3.05, 3.63) is 75.4 Å². The molecule has 1 aliphatic rings. The van der Waals surface area contributed by atoms with Crippen LogP contribution in [0.15, 0.2) is 52.7 Å². The molecule has 1 atom stereocenters. The number of aryl methyl sites for hydroxylation is 1. The van der Waals surface area contributed by atoms with Crippen LogP contribution in [-0.2, 0) is 34.1 Å². The SMILES string of the molecule is CN(C[C@H](O)CNC(C)(C)CC1Cc2ccccc2C1)S(=O)(=O)c1cc(-c2ccc(F)cc2CCC(=O)O)c(Cl)s1. The van der Waals surface area contributed by atoms with Gasteiger partial charge in [0, 0.05) is 37.7 Å². The van der Waals surface area contributed by atoms with Gasteiger partial charge < -0.3 is 15.5 Å². The van der Waals surface area contributed by atoms with Crippen LogP contribution in [0, 0.1) is 11.7 Å². The molecule has 0 radical (unpaired) electrons. The summed E-state index contributed by atoms with van der Waals surface area (Å²) in [5, 5.41) is 23.2. The van der Waals surface area contributed by atoms with E-state index < -0.39 is 27.9 Å². The molecule has 3 aromatic rings. The molecule has 11 heteroatoms. The number of nitrogens with zero attached hydrogens (tertiary/aromatic N) is 1. The molecule has 0 amide bonds. The Labute approximate surface area is 250 Å². The second kappa shape index (κ2) is 12.9. The number of aliphatic carboxylic acids is 1. The van der Waals surface area contributed by atoms with Crippen molar-refractivity contribution >= 4 is 38.9 Å². The van der Waals surface area contributed by atoms with Gasteiger partial charge in [0.15, 0.2) is 0 Å². The number of thiophene rings is 1. The Morgan fingerprint density at radius 2 is 1.83 bits per heavy atom. The average Bonchev–Trinajstić information content (AvgIpc) is 3.49. The highest BCUT2D eigenvalue weighted by molar-refractivity contribution is 7.91. The van der Waals surface area contributed by atoms with Gasteiger partial charge in [-0.15, -0.1) is 11.3 Å². The monoisotopic (exact) mass is 622 g/mol. The van der Waals surface area contributed by atoms with E-state index >= 15 is 0 Å². The number of fused-ring (bicyclic) bond motifs is 1. The lowest BCUT2D eigenvalue weighted by molar-refractivity contribution is -0.136. The zero-order valence-electron chi connectivity index (χ0n) is 23.4. The first-order valence-electron chi connectivity index (χ1n) is 13.5. The van der Waals surface area contributed by atoms with Crippen molar-refractivity contribution < 1.29 is 27.8 Å². The second-order valence-electron chi connectivity index (χ2n) is 11.4. The summed E-state index contributed by atoms with van der Waals surface area (Å²) in [5.74, 6) is -1.03. The third kappa shape index (κ3) is 7.94. The molecular formula is C30H36ClFN2O5S2. The lowest BCUT2D eigenvalue weighted by atomic mass is 9.88. The Morgan fingerprint density at radius 3 is 2.46 bits per heavy atom. The van der Waals surface area contributed by atoms with Crippen LogP contribution >= 0.6 is 22.9 Å². The first-order valence-corrected chi connectivity index (χ1v) is 16.1. The molecule has 4 rings (SSSR count). The molecule has 0 saturated heterocycles. The number of hydrogen-bond acceptors (Lipinski definition) is 6. The van der Waals surface area contributed by atoms with E-state index in [2.05, 4.69) is 43.4 Å². The quantitative estimate of drug-likeness (QED) is 0.236. The number of β-amino-alcohol motifs (C(OH)–C–C–N with tert-alkyl or cyclic N) is 1. The third-order valence-corrected chi connectivity index (χ3v) is 11.1. The molecule has 0 bridgehead atoms. The Morgan fingerprint density at radius 1 is 1.17 bits per heavy atom. The van der Waals surface area contributed by atoms with Crippen molar-refractivity contribution in [1.82, 2.24) is 9.62 Å². The first kappa shape index (κ1) is 31.6. The average molecular weight is 623 g/mol. The molecule has 1 heterocycles. The van der Waals surface area contributed by atoms with Gasteiger partial charge in [0.2, 0.25) is 0 Å². The summed E-state index contributed by atoms with van der Waals surface area (Å²) in [6.45, 7) is 4.30. The number of carbonyl (C=O) groups is 1. The van der Waals surface area contributed by atoms with Gasteiger partial charge in [-0.1, -0.05) is 41.9 Å². The summed E-state index contributed by atoms with van der Waals surface area (Å²) in [7, 11) is -2.58. The predicted molar refractivity (Wildman–Crippen MR) is 161 cm³/mol. The van der Waals surface area contributed by atoms with E-state index in [0.717, 1.165) is 34.9 Å². The molecule has 7 nitrogen and oxygen atoms in total. The van der Waals surface area contributed by atoms with Gasteiger partial charge in [0.25, 0.3) is 10.0 Å². The highest BCUT2D eigenvalue weighted by Crippen LogP contribution is 2.40. The number of nitrogens with one attached hydrogen (secondary N) is 1. The Hall–Kier alpha value is -2.34. The molecule has 0 saturated carbocycles. The minimum Gasteiger partial charge on any atom is -0.481 e. The molecule has 41 heavy (non-hydrogen) atoms. The highest BCUT2D eigenvalue weighted by atomic mass is 35.5. The van der Waals surface area contributed by atoms with Gasteiger partial charge in [0.1, 0.15) is 14.4 Å². The molecule has 0 aliphatic heterocycles. The second-order valence-corrected chi connectivity index (χ2v) is 15.3. The molecule has 0 unspecified atom stereocenters. The van der Waals surface area contributed by atoms with Gasteiger partial charge in [0.05, 0.1) is 6.10 Å². The summed E-state index contributed by atoms with van der Waals surface area (Å²) >= 11 is 7.30. The number of hydrogen-bond donors (Lipinski definition) is 3. The van der Waals surface area contributed by atoms with E-state index in [1.165, 1.54) is 42.4 Å². The maximum absolute atomic E-state index is 13.9. The van der Waals surface area contributed by atoms with Gasteiger partial charge in [-0.3, -0.25) is 4.79 Å². The van der Waals surface area contributed by atoms with Crippen LogP contribution in [0.2, 0.25) is 4.34 Å². The van der Waals surface area contributed by atoms with Crippen LogP contribution in [0.5, 0.6) is 0 Å². The molecule has 222 valence electrons. The molecule has 0 spiro atoms. The third-order valence-electron chi connectivity index (χ3n) is 7.51. The number of sulfonamides is 1. The number of aliphatic hydroxyl groups excluding tert-OH is 1. The van der Waals surface area contributed by atoms with Crippen molar-refractivity contribution in [3.8, 4) is 11.1 Å². The fourth-order valence-electron chi connectivity index (χ4n) is 5.53. The maximum Gasteiger partial charge on any atom is 0.303 e. The van der Waals surface area contributed by atoms with Crippen molar-refractivity contribution in [2.75, 3.05) is 20.1 Å². The van der Waals surface area contributed by atoms with E-state index in [1.807, 2.05) is 0 Å². The highest BCUT2D eigenvalue weighted by Gasteiger charge is 2.30. The molecular weight excluding hydrogens is 587 g/mol. The van der Waals surface area contributed by atoms with Crippen LogP contribution in [0.25, 0.3) is 11.1 Å². The zero-order chi connectivity index (χ0) is 29.9. The van der Waals surface area contributed by atoms with Crippen LogP contribution in [0.1, 0.15) is 43.4 Å². The standard InChI is InChI=1S/C30H36ClFN2O5S2/c1-30(2,16-19-12-20-6-4-5-7-21(20)13-19)33-17-24(35)18-34(3)41(38,39)28-15-26(29(31)40-28)25-10-9-23(32)14-22(25)8-11-27(36)37/h4-7,9-10,14-15,19,24,33,35H,8,11-13,16-18H2,1-3H3,(H,36,37)/t24-/m1/s1. The Bertz CT molecular complexity index is 1480. The van der Waals surface area contributed by atoms with Crippen molar-refractivity contribution in [2.45, 2.75) is 61.8 Å². The summed E-state index contributed by atoms with van der Waals surface area (Å²) in [4.78, 5) is 11.1. The topological polar surface area (TPSA) is 107 Å². The predicted octanol–water partition coefficient (Wildman–Crippen LogP) is 5.38. The van der Waals surface area contributed by atoms with E-state index in [1.54, 1.807) is 0 Å². The number of rotatable bonds is 13. The molecule has 0 fully saturated rings. The minimum atomic E-state index is -3.98. The number of halogens is 2. The summed E-state index contributed by atoms with van der Waals surface area (Å²) in [6.07, 6.45) is 1.92. The molecule has 1 aromatic heterocycles. The number of likely N-dealkylation sites (N-methyl/N-ethyl adjacent to an activating group) is 1. The van der Waals surface area contributed by atoms with Gasteiger partial charge in [-0.25, -0.2) is 12.8 Å². The van der Waals surface area contributed by atoms with Crippen LogP contribution in [0.4, 0.5) is 4.39 Å². The fourth-order valence-corrected chi connectivity index (χ4v) is 8.70. The van der Waals surface area contributed by atoms with E-state index in [4.69, 9.17) is 16.7 Å². The molecule has 1 aliphatic carbocycles. The number of carboxylic acid groups (broad SMARTS) is 1. The van der Waals surface area contributed by atoms with Crippen LogP contribution < -0.4 is 5.32 Å². The lowest BCUT2D eigenvalue weighted by Gasteiger charge is -2.31. The Balaban J connectivity index is 1.38. The normalized spacial score (nSPS) is 14.9. The maximum atomic E-state index is 13.9. The molecule has 3 N–H and O–H groups in total. The number of benzene rings is 2. The van der Waals surface area contributed by atoms with Gasteiger partial charge in [-0.05, 0) is 85.9 Å². The van der Waals surface area contributed by atoms with Crippen LogP contribution in [0.3, 0.4) is 0 Å². The fraction of sp³-hybridized carbons (Fsp3) is 0.433. The summed E-state index contributed by atoms with van der Waals surface area (Å²) in [6, 6.07) is 13.9. The Kier molecular flexibility index (Phi) is 9.93. The van der Waals surface area contributed by atoms with Crippen molar-refractivity contribution in [1.29, 1.82) is 0 Å². The minimum absolute atomic E-state index is 0.0187. The zero-order valence-corrected chi connectivity index (χ0v) is 25.8. The van der Waals surface area contributed by atoms with Gasteiger partial charge >= 0.3 is 5.97 Å². The van der Waals surface area contributed by atoms with E-state index in [0.29, 0.717) is 22.6 Å². The van der Waals surface area contributed by atoms with Crippen molar-refractivity contribution in [3.63, 3.8) is 0 Å². The summed E-state index contributed by atoms with van der Waals surface area (Å²) in [5.41, 5.74) is 3.85. The van der Waals surface area contributed by atoms with Crippen LogP contribution in [-0.4, -0.2) is 60.7 Å². The van der Waals surface area contributed by atoms with E-state index in [-0.39, 0.29) is 40.0 Å². The summed E-state index contributed by atoms with van der Waals surface area (Å²) < 4.78 is 41.9. The van der Waals surface area contributed by atoms with E-state index in [9.17, 15) is 22.7 Å². The van der Waals surface area contributed by atoms with Crippen molar-refractivity contribution in [2.24, 2.45) is 5.92 Å². The number of aliphatic hydroxyl groups is 1. The first-order chi connectivity index (χ1) is 19.2. The molecule has 2 aromatic carbocycles. The smallest absolute Gasteiger partial charge is 0.303 e. The number of carboxylic acids is 1. The van der Waals surface area contributed by atoms with Gasteiger partial charge in [-0.2, -0.15) is 4.31 Å². The largest absolute Gasteiger partial charge is 0.481 e.